The zero-order valence-electron chi connectivity index (χ0n) is 13.9. The van der Waals surface area contributed by atoms with Gasteiger partial charge in [0.25, 0.3) is 5.91 Å². The number of hydrogen-bond acceptors (Lipinski definition) is 2. The smallest absolute Gasteiger partial charge is 0.251 e. The Bertz CT molecular complexity index is 418. The molecule has 0 radical (unpaired) electrons. The van der Waals surface area contributed by atoms with E-state index in [1.165, 1.54) is 63.9 Å². The maximum absolute atomic E-state index is 11.8. The van der Waals surface area contributed by atoms with Gasteiger partial charge < -0.3 is 10.4 Å². The fourth-order valence-electron chi connectivity index (χ4n) is 2.56. The van der Waals surface area contributed by atoms with Crippen molar-refractivity contribution in [3.8, 4) is 5.75 Å². The zero-order chi connectivity index (χ0) is 16.0. The number of unbranched alkanes of at least 4 members (excludes halogenated alkanes) is 9. The molecule has 0 bridgehead atoms. The summed E-state index contributed by atoms with van der Waals surface area (Å²) in [5, 5.41) is 12.2. The van der Waals surface area contributed by atoms with Crippen LogP contribution in [0.1, 0.15) is 81.5 Å². The van der Waals surface area contributed by atoms with Gasteiger partial charge in [0.2, 0.25) is 0 Å². The lowest BCUT2D eigenvalue weighted by atomic mass is 10.1. The van der Waals surface area contributed by atoms with E-state index in [1.807, 2.05) is 0 Å². The van der Waals surface area contributed by atoms with Gasteiger partial charge in [0.05, 0.1) is 0 Å². The van der Waals surface area contributed by atoms with E-state index in [2.05, 4.69) is 12.2 Å². The maximum atomic E-state index is 11.8. The molecule has 0 saturated heterocycles. The molecular formula is C19H31NO2. The number of phenols is 1. The Hall–Kier alpha value is -1.51. The second kappa shape index (κ2) is 12.1. The van der Waals surface area contributed by atoms with Crippen LogP contribution in [-0.4, -0.2) is 17.6 Å². The Morgan fingerprint density at radius 3 is 2.14 bits per heavy atom. The molecule has 0 heterocycles. The Morgan fingerprint density at radius 2 is 1.55 bits per heavy atom. The Kier molecular flexibility index (Phi) is 10.2. The number of nitrogens with one attached hydrogen (secondary N) is 1. The van der Waals surface area contributed by atoms with Crippen LogP contribution in [0.25, 0.3) is 0 Å². The van der Waals surface area contributed by atoms with Gasteiger partial charge in [0, 0.05) is 12.1 Å². The summed E-state index contributed by atoms with van der Waals surface area (Å²) < 4.78 is 0. The number of benzene rings is 1. The average Bonchev–Trinajstić information content (AvgIpc) is 2.52. The average molecular weight is 305 g/mol. The predicted octanol–water partition coefficient (Wildman–Crippen LogP) is 5.04. The molecule has 1 aromatic carbocycles. The fraction of sp³-hybridized carbons (Fsp3) is 0.632. The SMILES string of the molecule is CCCCCCCCCCCCNC(=O)c1cccc(O)c1. The lowest BCUT2D eigenvalue weighted by Gasteiger charge is -2.06. The normalized spacial score (nSPS) is 10.6. The van der Waals surface area contributed by atoms with Gasteiger partial charge in [-0.2, -0.15) is 0 Å². The summed E-state index contributed by atoms with van der Waals surface area (Å²) >= 11 is 0. The largest absolute Gasteiger partial charge is 0.508 e. The summed E-state index contributed by atoms with van der Waals surface area (Å²) in [7, 11) is 0. The summed E-state index contributed by atoms with van der Waals surface area (Å²) in [5.74, 6) is 0.0263. The number of amides is 1. The van der Waals surface area contributed by atoms with Crippen LogP contribution in [-0.2, 0) is 0 Å². The molecule has 124 valence electrons. The minimum Gasteiger partial charge on any atom is -0.508 e. The molecule has 3 heteroatoms. The third-order valence-corrected chi connectivity index (χ3v) is 3.92. The molecule has 0 aliphatic heterocycles. The van der Waals surface area contributed by atoms with Crippen molar-refractivity contribution in [2.45, 2.75) is 71.1 Å². The second-order valence-electron chi connectivity index (χ2n) is 5.99. The van der Waals surface area contributed by atoms with Gasteiger partial charge in [-0.05, 0) is 24.6 Å². The van der Waals surface area contributed by atoms with Crippen LogP contribution >= 0.6 is 0 Å². The molecule has 2 N–H and O–H groups in total. The number of rotatable bonds is 12. The summed E-state index contributed by atoms with van der Waals surface area (Å²) in [6.07, 6.45) is 12.9. The Labute approximate surface area is 135 Å². The van der Waals surface area contributed by atoms with E-state index >= 15 is 0 Å². The highest BCUT2D eigenvalue weighted by Crippen LogP contribution is 2.11. The van der Waals surface area contributed by atoms with Gasteiger partial charge in [-0.25, -0.2) is 0 Å². The molecule has 0 aromatic heterocycles. The quantitative estimate of drug-likeness (QED) is 0.531. The zero-order valence-corrected chi connectivity index (χ0v) is 13.9. The minimum atomic E-state index is -0.105. The van der Waals surface area contributed by atoms with Crippen molar-refractivity contribution in [2.24, 2.45) is 0 Å². The van der Waals surface area contributed by atoms with Crippen molar-refractivity contribution in [1.29, 1.82) is 0 Å². The summed E-state index contributed by atoms with van der Waals surface area (Å²) in [6, 6.07) is 6.46. The minimum absolute atomic E-state index is 0.105. The molecule has 22 heavy (non-hydrogen) atoms. The Morgan fingerprint density at radius 1 is 0.955 bits per heavy atom. The molecule has 0 atom stereocenters. The standard InChI is InChI=1S/C19H31NO2/c1-2-3-4-5-6-7-8-9-10-11-15-20-19(22)17-13-12-14-18(21)16-17/h12-14,16,21H,2-11,15H2,1H3,(H,20,22). The second-order valence-corrected chi connectivity index (χ2v) is 5.99. The topological polar surface area (TPSA) is 49.3 Å². The van der Waals surface area contributed by atoms with Gasteiger partial charge in [-0.3, -0.25) is 4.79 Å². The molecular weight excluding hydrogens is 274 g/mol. The van der Waals surface area contributed by atoms with Gasteiger partial charge in [0.15, 0.2) is 0 Å². The van der Waals surface area contributed by atoms with E-state index in [0.29, 0.717) is 12.1 Å². The van der Waals surface area contributed by atoms with Gasteiger partial charge in [-0.1, -0.05) is 70.8 Å². The first-order valence-corrected chi connectivity index (χ1v) is 8.81. The van der Waals surface area contributed by atoms with Crippen molar-refractivity contribution < 1.29 is 9.90 Å². The lowest BCUT2D eigenvalue weighted by Crippen LogP contribution is -2.24. The third kappa shape index (κ3) is 8.71. The maximum Gasteiger partial charge on any atom is 0.251 e. The van der Waals surface area contributed by atoms with Crippen molar-refractivity contribution in [1.82, 2.24) is 5.32 Å². The van der Waals surface area contributed by atoms with Crippen LogP contribution in [0.3, 0.4) is 0 Å². The van der Waals surface area contributed by atoms with Crippen LogP contribution in [0.5, 0.6) is 5.75 Å². The lowest BCUT2D eigenvalue weighted by molar-refractivity contribution is 0.0952. The van der Waals surface area contributed by atoms with Crippen molar-refractivity contribution >= 4 is 5.91 Å². The summed E-state index contributed by atoms with van der Waals surface area (Å²) in [4.78, 5) is 11.8. The number of phenolic OH excluding ortho intramolecular Hbond substituents is 1. The molecule has 0 spiro atoms. The molecule has 1 aromatic rings. The summed E-state index contributed by atoms with van der Waals surface area (Å²) in [5.41, 5.74) is 0.520. The molecule has 1 amide bonds. The van der Waals surface area contributed by atoms with Gasteiger partial charge in [0.1, 0.15) is 5.75 Å². The summed E-state index contributed by atoms with van der Waals surface area (Å²) in [6.45, 7) is 2.96. The van der Waals surface area contributed by atoms with Crippen LogP contribution in [0.4, 0.5) is 0 Å². The number of hydrogen-bond donors (Lipinski definition) is 2. The van der Waals surface area contributed by atoms with E-state index in [0.717, 1.165) is 6.42 Å². The van der Waals surface area contributed by atoms with Crippen LogP contribution in [0.15, 0.2) is 24.3 Å². The monoisotopic (exact) mass is 305 g/mol. The highest BCUT2D eigenvalue weighted by Gasteiger charge is 2.04. The molecule has 0 aliphatic carbocycles. The first-order valence-electron chi connectivity index (χ1n) is 8.81. The molecule has 0 saturated carbocycles. The van der Waals surface area contributed by atoms with Crippen LogP contribution in [0, 0.1) is 0 Å². The van der Waals surface area contributed by atoms with Gasteiger partial charge >= 0.3 is 0 Å². The van der Waals surface area contributed by atoms with E-state index in [1.54, 1.807) is 18.2 Å². The van der Waals surface area contributed by atoms with Crippen molar-refractivity contribution in [3.05, 3.63) is 29.8 Å². The number of aromatic hydroxyl groups is 1. The predicted molar refractivity (Wildman–Crippen MR) is 92.3 cm³/mol. The molecule has 1 rings (SSSR count). The molecule has 0 aliphatic rings. The number of carbonyl (C=O) groups excluding carboxylic acids is 1. The number of carbonyl (C=O) groups is 1. The first kappa shape index (κ1) is 18.5. The van der Waals surface area contributed by atoms with E-state index in [-0.39, 0.29) is 11.7 Å². The fourth-order valence-corrected chi connectivity index (χ4v) is 2.56. The van der Waals surface area contributed by atoms with Gasteiger partial charge in [-0.15, -0.1) is 0 Å². The Balaban J connectivity index is 1.94. The molecule has 3 nitrogen and oxygen atoms in total. The first-order chi connectivity index (χ1) is 10.7. The van der Waals surface area contributed by atoms with Crippen molar-refractivity contribution in [2.75, 3.05) is 6.54 Å². The third-order valence-electron chi connectivity index (χ3n) is 3.92. The highest BCUT2D eigenvalue weighted by molar-refractivity contribution is 5.94. The van der Waals surface area contributed by atoms with Crippen LogP contribution < -0.4 is 5.32 Å². The van der Waals surface area contributed by atoms with E-state index < -0.39 is 0 Å². The van der Waals surface area contributed by atoms with E-state index in [9.17, 15) is 9.90 Å². The van der Waals surface area contributed by atoms with E-state index in [4.69, 9.17) is 0 Å². The van der Waals surface area contributed by atoms with Crippen LogP contribution in [0.2, 0.25) is 0 Å². The highest BCUT2D eigenvalue weighted by atomic mass is 16.3. The van der Waals surface area contributed by atoms with Crippen molar-refractivity contribution in [3.63, 3.8) is 0 Å². The molecule has 0 fully saturated rings. The molecule has 0 unspecified atom stereocenters.